The number of hydrogen-bond acceptors (Lipinski definition) is 5. The molecule has 7 nitrogen and oxygen atoms in total. The number of hydrogen-bond donors (Lipinski definition) is 2. The molecule has 0 atom stereocenters. The van der Waals surface area contributed by atoms with Crippen molar-refractivity contribution in [3.63, 3.8) is 0 Å². The highest BCUT2D eigenvalue weighted by Crippen LogP contribution is 2.19. The summed E-state index contributed by atoms with van der Waals surface area (Å²) in [4.78, 5) is 18.8. The van der Waals surface area contributed by atoms with Crippen molar-refractivity contribution in [3.8, 4) is 0 Å². The highest BCUT2D eigenvalue weighted by atomic mass is 35.5. The first-order chi connectivity index (χ1) is 11.0. The molecule has 23 heavy (non-hydrogen) atoms. The van der Waals surface area contributed by atoms with Gasteiger partial charge in [0.05, 0.1) is 17.1 Å². The third-order valence-electron chi connectivity index (χ3n) is 2.94. The molecular formula is C13H11ClN4O3S2. The van der Waals surface area contributed by atoms with Crippen LogP contribution in [0.15, 0.2) is 46.9 Å². The van der Waals surface area contributed by atoms with Gasteiger partial charge < -0.3 is 0 Å². The van der Waals surface area contributed by atoms with Gasteiger partial charge in [-0.2, -0.15) is 0 Å². The monoisotopic (exact) mass is 370 g/mol. The van der Waals surface area contributed by atoms with Gasteiger partial charge in [-0.15, -0.1) is 16.2 Å². The van der Waals surface area contributed by atoms with E-state index in [4.69, 9.17) is 11.6 Å². The average molecular weight is 371 g/mol. The molecule has 0 aliphatic carbocycles. The summed E-state index contributed by atoms with van der Waals surface area (Å²) in [6, 6.07) is 5.96. The van der Waals surface area contributed by atoms with Crippen molar-refractivity contribution in [1.29, 1.82) is 0 Å². The Morgan fingerprint density at radius 1 is 1.35 bits per heavy atom. The molecule has 1 aromatic carbocycles. The van der Waals surface area contributed by atoms with Gasteiger partial charge in [0.1, 0.15) is 4.90 Å². The van der Waals surface area contributed by atoms with E-state index in [1.54, 1.807) is 22.7 Å². The number of amides is 1. The molecule has 2 N–H and O–H groups in total. The second kappa shape index (κ2) is 6.28. The van der Waals surface area contributed by atoms with Crippen LogP contribution in [0.2, 0.25) is 5.02 Å². The molecule has 2 aromatic heterocycles. The van der Waals surface area contributed by atoms with Crippen molar-refractivity contribution in [1.82, 2.24) is 19.6 Å². The van der Waals surface area contributed by atoms with E-state index < -0.39 is 15.9 Å². The summed E-state index contributed by atoms with van der Waals surface area (Å²) in [5, 5.41) is 1.95. The van der Waals surface area contributed by atoms with Crippen LogP contribution in [-0.2, 0) is 21.2 Å². The number of fused-ring (bicyclic) bond motifs is 1. The van der Waals surface area contributed by atoms with Crippen LogP contribution in [0.3, 0.4) is 0 Å². The minimum Gasteiger partial charge on any atom is -0.297 e. The normalized spacial score (nSPS) is 11.7. The number of rotatable bonds is 5. The number of thiazole rings is 1. The number of halogens is 1. The van der Waals surface area contributed by atoms with Crippen LogP contribution in [0.5, 0.6) is 0 Å². The molecule has 0 radical (unpaired) electrons. The Morgan fingerprint density at radius 2 is 2.13 bits per heavy atom. The number of nitrogens with one attached hydrogen (secondary N) is 2. The van der Waals surface area contributed by atoms with Gasteiger partial charge in [0, 0.05) is 17.8 Å². The molecular weight excluding hydrogens is 360 g/mol. The van der Waals surface area contributed by atoms with Gasteiger partial charge in [0.25, 0.3) is 10.0 Å². The molecule has 0 aliphatic rings. The van der Waals surface area contributed by atoms with Crippen molar-refractivity contribution in [2.24, 2.45) is 0 Å². The second-order valence-corrected chi connectivity index (χ2v) is 7.52. The number of hydrazine groups is 1. The van der Waals surface area contributed by atoms with Crippen molar-refractivity contribution in [3.05, 3.63) is 52.8 Å². The summed E-state index contributed by atoms with van der Waals surface area (Å²) < 4.78 is 26.0. The van der Waals surface area contributed by atoms with E-state index in [9.17, 15) is 13.2 Å². The fourth-order valence-corrected chi connectivity index (χ4v) is 4.01. The van der Waals surface area contributed by atoms with Gasteiger partial charge in [0.2, 0.25) is 5.91 Å². The van der Waals surface area contributed by atoms with Crippen molar-refractivity contribution in [2.75, 3.05) is 0 Å². The zero-order valence-corrected chi connectivity index (χ0v) is 14.0. The third-order valence-corrected chi connectivity index (χ3v) is 5.45. The number of aromatic nitrogens is 2. The number of imidazole rings is 1. The summed E-state index contributed by atoms with van der Waals surface area (Å²) in [5.74, 6) is -0.522. The molecule has 0 aliphatic heterocycles. The number of sulfonamides is 1. The maximum Gasteiger partial charge on any atom is 0.258 e. The molecule has 120 valence electrons. The number of nitrogens with zero attached hydrogens (tertiary/aromatic N) is 2. The van der Waals surface area contributed by atoms with Gasteiger partial charge >= 0.3 is 0 Å². The van der Waals surface area contributed by atoms with E-state index >= 15 is 0 Å². The molecule has 3 aromatic rings. The standard InChI is InChI=1S/C13H11ClN4O3S2/c14-10-3-1-2-4-11(10)23(20,21)17-16-12(19)7-9-8-18-5-6-22-13(18)15-9/h1-6,8,17H,7H2,(H,16,19). The van der Waals surface area contributed by atoms with Gasteiger partial charge in [-0.25, -0.2) is 13.4 Å². The summed E-state index contributed by atoms with van der Waals surface area (Å²) in [6.07, 6.45) is 3.50. The van der Waals surface area contributed by atoms with Crippen LogP contribution in [-0.4, -0.2) is 23.7 Å². The lowest BCUT2D eigenvalue weighted by Gasteiger charge is -2.08. The minimum atomic E-state index is -3.93. The lowest BCUT2D eigenvalue weighted by atomic mass is 10.3. The quantitative estimate of drug-likeness (QED) is 0.667. The first-order valence-corrected chi connectivity index (χ1v) is 9.16. The summed E-state index contributed by atoms with van der Waals surface area (Å²) >= 11 is 7.29. The van der Waals surface area contributed by atoms with Gasteiger partial charge in [-0.05, 0) is 12.1 Å². The number of carbonyl (C=O) groups is 1. The zero-order valence-electron chi connectivity index (χ0n) is 11.6. The smallest absolute Gasteiger partial charge is 0.258 e. The number of benzene rings is 1. The predicted octanol–water partition coefficient (Wildman–Crippen LogP) is 1.60. The van der Waals surface area contributed by atoms with Crippen LogP contribution < -0.4 is 10.3 Å². The van der Waals surface area contributed by atoms with Crippen molar-refractivity contribution in [2.45, 2.75) is 11.3 Å². The summed E-state index contributed by atoms with van der Waals surface area (Å²) in [5.41, 5.74) is 2.70. The predicted molar refractivity (Wildman–Crippen MR) is 86.7 cm³/mol. The maximum absolute atomic E-state index is 12.1. The summed E-state index contributed by atoms with van der Waals surface area (Å²) in [6.45, 7) is 0. The molecule has 1 amide bonds. The van der Waals surface area contributed by atoms with E-state index in [1.165, 1.54) is 23.5 Å². The lowest BCUT2D eigenvalue weighted by Crippen LogP contribution is -2.42. The molecule has 3 rings (SSSR count). The Bertz CT molecular complexity index is 936. The molecule has 0 saturated carbocycles. The van der Waals surface area contributed by atoms with Crippen molar-refractivity contribution < 1.29 is 13.2 Å². The highest BCUT2D eigenvalue weighted by molar-refractivity contribution is 7.89. The van der Waals surface area contributed by atoms with Gasteiger partial charge in [-0.1, -0.05) is 23.7 Å². The molecule has 0 bridgehead atoms. The first-order valence-electron chi connectivity index (χ1n) is 6.42. The van der Waals surface area contributed by atoms with Crippen LogP contribution in [0, 0.1) is 0 Å². The van der Waals surface area contributed by atoms with Crippen LogP contribution in [0.1, 0.15) is 5.69 Å². The van der Waals surface area contributed by atoms with E-state index in [0.717, 1.165) is 4.96 Å². The Hall–Kier alpha value is -1.94. The molecule has 10 heteroatoms. The van der Waals surface area contributed by atoms with Crippen LogP contribution >= 0.6 is 22.9 Å². The fourth-order valence-electron chi connectivity index (χ4n) is 1.91. The van der Waals surface area contributed by atoms with Gasteiger partial charge in [-0.3, -0.25) is 14.6 Å². The zero-order chi connectivity index (χ0) is 16.4. The summed E-state index contributed by atoms with van der Waals surface area (Å²) in [7, 11) is -3.93. The van der Waals surface area contributed by atoms with E-state index in [-0.39, 0.29) is 16.3 Å². The second-order valence-electron chi connectivity index (χ2n) is 4.59. The maximum atomic E-state index is 12.1. The molecule has 0 unspecified atom stereocenters. The van der Waals surface area contributed by atoms with Crippen LogP contribution in [0.4, 0.5) is 0 Å². The van der Waals surface area contributed by atoms with E-state index in [1.807, 2.05) is 16.4 Å². The van der Waals surface area contributed by atoms with E-state index in [2.05, 4.69) is 10.4 Å². The lowest BCUT2D eigenvalue weighted by molar-refractivity contribution is -0.120. The van der Waals surface area contributed by atoms with Crippen molar-refractivity contribution >= 4 is 43.8 Å². The highest BCUT2D eigenvalue weighted by Gasteiger charge is 2.18. The Labute approximate surface area is 140 Å². The Balaban J connectivity index is 1.64. The minimum absolute atomic E-state index is 0.0422. The molecule has 0 fully saturated rings. The average Bonchev–Trinajstić information content (AvgIpc) is 3.07. The van der Waals surface area contributed by atoms with Crippen LogP contribution in [0.25, 0.3) is 4.96 Å². The molecule has 2 heterocycles. The topological polar surface area (TPSA) is 92.6 Å². The molecule has 0 saturated heterocycles. The molecule has 0 spiro atoms. The Kier molecular flexibility index (Phi) is 4.35. The first kappa shape index (κ1) is 15.9. The fraction of sp³-hybridized carbons (Fsp3) is 0.0769. The third kappa shape index (κ3) is 3.53. The van der Waals surface area contributed by atoms with E-state index in [0.29, 0.717) is 5.69 Å². The Morgan fingerprint density at radius 3 is 2.87 bits per heavy atom. The largest absolute Gasteiger partial charge is 0.297 e. The SMILES string of the molecule is O=C(Cc1cn2ccsc2n1)NNS(=O)(=O)c1ccccc1Cl. The van der Waals surface area contributed by atoms with Gasteiger partial charge in [0.15, 0.2) is 4.96 Å². The number of carbonyl (C=O) groups excluding carboxylic acids is 1.